The fraction of sp³-hybridized carbons (Fsp3) is 0.722. The van der Waals surface area contributed by atoms with Crippen molar-refractivity contribution in [1.29, 1.82) is 0 Å². The highest BCUT2D eigenvalue weighted by Crippen LogP contribution is 2.59. The molecule has 118 valence electrons. The summed E-state index contributed by atoms with van der Waals surface area (Å²) in [7, 11) is 0. The van der Waals surface area contributed by atoms with E-state index in [9.17, 15) is 4.79 Å². The SMILES string of the molecule is CC1=C(CCCCO)[C@@]2(C)C=C(Br)CC(C)(C)[C@H]2CC1=O. The van der Waals surface area contributed by atoms with Gasteiger partial charge in [-0.05, 0) is 54.0 Å². The number of rotatable bonds is 4. The molecule has 0 radical (unpaired) electrons. The number of carbonyl (C=O) groups is 1. The third kappa shape index (κ3) is 3.05. The summed E-state index contributed by atoms with van der Waals surface area (Å²) in [5, 5.41) is 9.03. The van der Waals surface area contributed by atoms with Crippen LogP contribution < -0.4 is 0 Å². The summed E-state index contributed by atoms with van der Waals surface area (Å²) in [6.45, 7) is 9.07. The molecule has 0 fully saturated rings. The number of carbonyl (C=O) groups excluding carboxylic acids is 1. The van der Waals surface area contributed by atoms with Crippen molar-refractivity contribution in [2.45, 2.75) is 59.8 Å². The molecule has 0 bridgehead atoms. The van der Waals surface area contributed by atoms with E-state index in [1.54, 1.807) is 0 Å². The lowest BCUT2D eigenvalue weighted by molar-refractivity contribution is -0.119. The molecule has 0 heterocycles. The molecule has 2 nitrogen and oxygen atoms in total. The Balaban J connectivity index is 2.46. The van der Waals surface area contributed by atoms with Crippen molar-refractivity contribution in [3.05, 3.63) is 21.7 Å². The van der Waals surface area contributed by atoms with Crippen LogP contribution in [0.5, 0.6) is 0 Å². The van der Waals surface area contributed by atoms with E-state index in [1.165, 1.54) is 10.1 Å². The number of ketones is 1. The summed E-state index contributed by atoms with van der Waals surface area (Å²) in [5.41, 5.74) is 2.34. The molecule has 0 aromatic carbocycles. The predicted octanol–water partition coefficient (Wildman–Crippen LogP) is 4.77. The molecule has 2 atom stereocenters. The van der Waals surface area contributed by atoms with Crippen LogP contribution in [-0.4, -0.2) is 17.5 Å². The molecule has 0 unspecified atom stereocenters. The lowest BCUT2D eigenvalue weighted by Gasteiger charge is -2.52. The normalized spacial score (nSPS) is 32.0. The van der Waals surface area contributed by atoms with Gasteiger partial charge in [0.25, 0.3) is 0 Å². The van der Waals surface area contributed by atoms with Gasteiger partial charge >= 0.3 is 0 Å². The Morgan fingerprint density at radius 1 is 1.33 bits per heavy atom. The monoisotopic (exact) mass is 354 g/mol. The van der Waals surface area contributed by atoms with Gasteiger partial charge in [-0.2, -0.15) is 0 Å². The average Bonchev–Trinajstić information content (AvgIpc) is 2.36. The second kappa shape index (κ2) is 6.00. The molecule has 0 spiro atoms. The second-order valence-corrected chi connectivity index (χ2v) is 8.52. The van der Waals surface area contributed by atoms with Gasteiger partial charge in [-0.25, -0.2) is 0 Å². The van der Waals surface area contributed by atoms with E-state index in [0.29, 0.717) is 18.1 Å². The lowest BCUT2D eigenvalue weighted by Crippen LogP contribution is -2.46. The number of fused-ring (bicyclic) bond motifs is 1. The van der Waals surface area contributed by atoms with Crippen molar-refractivity contribution < 1.29 is 9.90 Å². The largest absolute Gasteiger partial charge is 0.396 e. The van der Waals surface area contributed by atoms with Gasteiger partial charge in [-0.15, -0.1) is 0 Å². The smallest absolute Gasteiger partial charge is 0.158 e. The van der Waals surface area contributed by atoms with Crippen LogP contribution in [0.25, 0.3) is 0 Å². The Bertz CT molecular complexity index is 501. The summed E-state index contributed by atoms with van der Waals surface area (Å²) < 4.78 is 1.26. The Hall–Kier alpha value is -0.410. The molecule has 0 aromatic rings. The maximum absolute atomic E-state index is 12.5. The van der Waals surface area contributed by atoms with Crippen LogP contribution in [0.1, 0.15) is 59.8 Å². The Labute approximate surface area is 136 Å². The predicted molar refractivity (Wildman–Crippen MR) is 90.3 cm³/mol. The van der Waals surface area contributed by atoms with Crippen molar-refractivity contribution >= 4 is 21.7 Å². The number of aliphatic hydroxyl groups is 1. The lowest BCUT2D eigenvalue weighted by atomic mass is 9.52. The van der Waals surface area contributed by atoms with Gasteiger partial charge < -0.3 is 5.11 Å². The second-order valence-electron chi connectivity index (χ2n) is 7.50. The summed E-state index contributed by atoms with van der Waals surface area (Å²) in [5.74, 6) is 0.683. The van der Waals surface area contributed by atoms with Gasteiger partial charge in [0.05, 0.1) is 0 Å². The van der Waals surface area contributed by atoms with Crippen molar-refractivity contribution in [1.82, 2.24) is 0 Å². The maximum atomic E-state index is 12.5. The maximum Gasteiger partial charge on any atom is 0.158 e. The van der Waals surface area contributed by atoms with Crippen LogP contribution >= 0.6 is 15.9 Å². The van der Waals surface area contributed by atoms with Crippen LogP contribution in [-0.2, 0) is 4.79 Å². The van der Waals surface area contributed by atoms with E-state index in [4.69, 9.17) is 5.11 Å². The molecule has 21 heavy (non-hydrogen) atoms. The first-order valence-corrected chi connectivity index (χ1v) is 8.73. The van der Waals surface area contributed by atoms with E-state index >= 15 is 0 Å². The number of unbranched alkanes of at least 4 members (excludes halogenated alkanes) is 1. The van der Waals surface area contributed by atoms with Gasteiger partial charge in [0, 0.05) is 18.4 Å². The van der Waals surface area contributed by atoms with Gasteiger partial charge in [0.1, 0.15) is 0 Å². The van der Waals surface area contributed by atoms with E-state index in [1.807, 2.05) is 6.92 Å². The zero-order chi connectivity index (χ0) is 15.8. The first-order valence-electron chi connectivity index (χ1n) is 7.94. The molecular weight excluding hydrogens is 328 g/mol. The number of hydrogen-bond donors (Lipinski definition) is 1. The molecule has 0 saturated carbocycles. The molecule has 0 aromatic heterocycles. The Morgan fingerprint density at radius 3 is 2.62 bits per heavy atom. The van der Waals surface area contributed by atoms with Crippen molar-refractivity contribution in [2.24, 2.45) is 16.7 Å². The highest BCUT2D eigenvalue weighted by molar-refractivity contribution is 9.11. The molecule has 1 N–H and O–H groups in total. The molecule has 2 aliphatic carbocycles. The molecule has 0 aliphatic heterocycles. The molecule has 2 aliphatic rings. The van der Waals surface area contributed by atoms with E-state index in [0.717, 1.165) is 31.3 Å². The summed E-state index contributed by atoms with van der Waals surface area (Å²) in [4.78, 5) is 12.5. The number of allylic oxidation sites excluding steroid dienone is 4. The van der Waals surface area contributed by atoms with Crippen molar-refractivity contribution in [3.63, 3.8) is 0 Å². The Kier molecular flexibility index (Phi) is 4.84. The standard InChI is InChI=1S/C18H27BrO2/c1-12-14(7-5-6-8-20)18(4)11-13(19)10-17(2,3)16(18)9-15(12)21/h11,16,20H,5-10H2,1-4H3/t16-,18-/m1/s1. The topological polar surface area (TPSA) is 37.3 Å². The van der Waals surface area contributed by atoms with Crippen LogP contribution in [0.15, 0.2) is 21.7 Å². The summed E-state index contributed by atoms with van der Waals surface area (Å²) >= 11 is 3.72. The van der Waals surface area contributed by atoms with E-state index in [-0.39, 0.29) is 17.4 Å². The Morgan fingerprint density at radius 2 is 2.00 bits per heavy atom. The number of halogens is 1. The van der Waals surface area contributed by atoms with Gasteiger partial charge in [-0.3, -0.25) is 4.79 Å². The van der Waals surface area contributed by atoms with Crippen LogP contribution in [0, 0.1) is 16.7 Å². The fourth-order valence-electron chi connectivity index (χ4n) is 4.41. The van der Waals surface area contributed by atoms with Gasteiger partial charge in [-0.1, -0.05) is 48.4 Å². The van der Waals surface area contributed by atoms with Crippen molar-refractivity contribution in [3.8, 4) is 0 Å². The van der Waals surface area contributed by atoms with Gasteiger partial charge in [0.15, 0.2) is 5.78 Å². The van der Waals surface area contributed by atoms with E-state index < -0.39 is 0 Å². The molecule has 3 heteroatoms. The molecule has 2 rings (SSSR count). The number of hydrogen-bond acceptors (Lipinski definition) is 2. The quantitative estimate of drug-likeness (QED) is 0.738. The first kappa shape index (κ1) is 17.0. The van der Waals surface area contributed by atoms with Crippen LogP contribution in [0.2, 0.25) is 0 Å². The third-order valence-corrected chi connectivity index (χ3v) is 6.00. The summed E-state index contributed by atoms with van der Waals surface area (Å²) in [6, 6.07) is 0. The van der Waals surface area contributed by atoms with E-state index in [2.05, 4.69) is 42.8 Å². The molecular formula is C18H27BrO2. The van der Waals surface area contributed by atoms with Gasteiger partial charge in [0.2, 0.25) is 0 Å². The highest BCUT2D eigenvalue weighted by Gasteiger charge is 2.51. The fourth-order valence-corrected chi connectivity index (χ4v) is 5.61. The first-order chi connectivity index (χ1) is 9.72. The minimum Gasteiger partial charge on any atom is -0.396 e. The van der Waals surface area contributed by atoms with Crippen molar-refractivity contribution in [2.75, 3.05) is 6.61 Å². The number of Topliss-reactive ketones (excluding diaryl/α,β-unsaturated/α-hetero) is 1. The number of aliphatic hydroxyl groups excluding tert-OH is 1. The molecule has 0 saturated heterocycles. The van der Waals surface area contributed by atoms with Crippen LogP contribution in [0.3, 0.4) is 0 Å². The minimum atomic E-state index is -0.0337. The molecule has 0 amide bonds. The highest BCUT2D eigenvalue weighted by atomic mass is 79.9. The van der Waals surface area contributed by atoms with Crippen LogP contribution in [0.4, 0.5) is 0 Å². The summed E-state index contributed by atoms with van der Waals surface area (Å²) in [6.07, 6.45) is 6.68. The average molecular weight is 355 g/mol. The minimum absolute atomic E-state index is 0.0337. The zero-order valence-corrected chi connectivity index (χ0v) is 15.2. The zero-order valence-electron chi connectivity index (χ0n) is 13.6. The third-order valence-electron chi connectivity index (χ3n) is 5.49.